The van der Waals surface area contributed by atoms with E-state index in [-0.39, 0.29) is 16.4 Å². The highest BCUT2D eigenvalue weighted by Gasteiger charge is 2.59. The molecule has 0 N–H and O–H groups in total. The van der Waals surface area contributed by atoms with Crippen molar-refractivity contribution in [3.63, 3.8) is 0 Å². The number of benzene rings is 5. The smallest absolute Gasteiger partial charge is 0.218 e. The molecular weight excluding hydrogens is 707 g/mol. The van der Waals surface area contributed by atoms with Crippen LogP contribution in [0.3, 0.4) is 0 Å². The Morgan fingerprint density at radius 1 is 0.672 bits per heavy atom. The van der Waals surface area contributed by atoms with E-state index in [1.54, 1.807) is 0 Å². The zero-order chi connectivity index (χ0) is 39.3. The molecule has 5 aromatic carbocycles. The van der Waals surface area contributed by atoms with Gasteiger partial charge in [-0.1, -0.05) is 75.4 Å². The summed E-state index contributed by atoms with van der Waals surface area (Å²) in [4.78, 5) is 0. The highest BCUT2D eigenvalue weighted by molar-refractivity contribution is 6.26. The Morgan fingerprint density at radius 2 is 1.41 bits per heavy atom. The molecule has 2 aliphatic heterocycles. The number of aryl methyl sites for hydroxylation is 1. The molecule has 4 heteroatoms. The molecule has 2 aliphatic rings. The zero-order valence-corrected chi connectivity index (χ0v) is 34.0. The molecule has 0 saturated heterocycles. The molecule has 2 atom stereocenters. The van der Waals surface area contributed by atoms with Gasteiger partial charge in [-0.05, 0) is 97.3 Å². The number of pyridine rings is 2. The lowest BCUT2D eigenvalue weighted by molar-refractivity contribution is -0.766. The number of hydrogen-bond acceptors (Lipinski definition) is 1. The molecule has 2 unspecified atom stereocenters. The highest BCUT2D eigenvalue weighted by atomic mass is 16.3. The Morgan fingerprint density at radius 3 is 2.26 bits per heavy atom. The van der Waals surface area contributed by atoms with Crippen LogP contribution in [-0.4, -0.2) is 4.40 Å². The average molecular weight is 754 g/mol. The van der Waals surface area contributed by atoms with E-state index in [0.717, 1.165) is 53.3 Å². The van der Waals surface area contributed by atoms with Crippen molar-refractivity contribution in [1.82, 2.24) is 4.40 Å². The van der Waals surface area contributed by atoms with Gasteiger partial charge < -0.3 is 8.82 Å². The van der Waals surface area contributed by atoms with Crippen LogP contribution in [0, 0.1) is 5.41 Å². The fraction of sp³-hybridized carbons (Fsp3) is 0.222. The first-order valence-corrected chi connectivity index (χ1v) is 20.9. The SMILES string of the molecule is C=C1CC2(C)[n+]3ccc(CC(C)(C)C)cc3-c3cc4c5cccc6c7cc8oc9ccccc9c8cc7n(c4cc3C2(C)CCc2ccccc2-c2cccc[n+]21)c56. The minimum Gasteiger partial charge on any atom is -0.456 e. The standard InChI is InChI=1S/C54H47N3O/c1-33-31-54(6)53(5,23-21-35-14-7-8-15-36(35)45-19-11-12-24-55(33)45)44-30-48-40(27-43(44)46-26-34(22-25-56(46)54)32-52(2,3)4)38-17-13-18-39-41-29-50-42(28-47(41)57(48)51(38)39)37-16-9-10-20-49(37)58-50/h7-20,22,24-30H,1,21,23,31-32H2,2-6H3/q+2. The van der Waals surface area contributed by atoms with Crippen molar-refractivity contribution in [1.29, 1.82) is 0 Å². The van der Waals surface area contributed by atoms with E-state index in [9.17, 15) is 0 Å². The van der Waals surface area contributed by atoms with Crippen LogP contribution in [0.25, 0.3) is 88.2 Å². The Hall–Kier alpha value is -6.26. The number of fused-ring (bicyclic) bond motifs is 18. The van der Waals surface area contributed by atoms with Gasteiger partial charge >= 0.3 is 0 Å². The number of para-hydroxylation sites is 2. The van der Waals surface area contributed by atoms with Crippen molar-refractivity contribution in [3.05, 3.63) is 157 Å². The molecule has 0 radical (unpaired) electrons. The van der Waals surface area contributed by atoms with Gasteiger partial charge in [0.05, 0.1) is 33.9 Å². The van der Waals surface area contributed by atoms with Crippen LogP contribution in [0.15, 0.2) is 145 Å². The molecule has 0 amide bonds. The number of hydrogen-bond donors (Lipinski definition) is 0. The third-order valence-corrected chi connectivity index (χ3v) is 14.2. The van der Waals surface area contributed by atoms with Crippen molar-refractivity contribution in [2.45, 2.75) is 71.3 Å². The van der Waals surface area contributed by atoms with Crippen molar-refractivity contribution in [3.8, 4) is 22.5 Å². The first-order valence-electron chi connectivity index (χ1n) is 20.9. The molecule has 0 bridgehead atoms. The van der Waals surface area contributed by atoms with Gasteiger partial charge in [-0.15, -0.1) is 0 Å². The molecule has 12 rings (SSSR count). The van der Waals surface area contributed by atoms with E-state index < -0.39 is 0 Å². The third-order valence-electron chi connectivity index (χ3n) is 14.2. The molecule has 0 fully saturated rings. The third kappa shape index (κ3) is 4.46. The molecule has 58 heavy (non-hydrogen) atoms. The summed E-state index contributed by atoms with van der Waals surface area (Å²) in [5.74, 6) is 0. The van der Waals surface area contributed by atoms with Crippen LogP contribution in [0.1, 0.15) is 64.2 Å². The molecule has 5 aromatic heterocycles. The number of allylic oxidation sites excluding steroid dienone is 1. The molecule has 7 heterocycles. The number of aromatic nitrogens is 3. The Bertz CT molecular complexity index is 3390. The summed E-state index contributed by atoms with van der Waals surface area (Å²) in [5.41, 5.74) is 15.6. The highest BCUT2D eigenvalue weighted by Crippen LogP contribution is 2.54. The van der Waals surface area contributed by atoms with Gasteiger partial charge in [0.1, 0.15) is 11.2 Å². The minimum atomic E-state index is -0.339. The van der Waals surface area contributed by atoms with Gasteiger partial charge in [-0.2, -0.15) is 9.13 Å². The van der Waals surface area contributed by atoms with Gasteiger partial charge in [0.15, 0.2) is 23.6 Å². The van der Waals surface area contributed by atoms with Crippen LogP contribution in [-0.2, 0) is 23.8 Å². The minimum absolute atomic E-state index is 0.164. The summed E-state index contributed by atoms with van der Waals surface area (Å²) in [6.07, 6.45) is 8.36. The van der Waals surface area contributed by atoms with Gasteiger partial charge in [0.25, 0.3) is 0 Å². The molecular formula is C54H47N3O+2. The fourth-order valence-electron chi connectivity index (χ4n) is 11.3. The Labute approximate surface area is 338 Å². The summed E-state index contributed by atoms with van der Waals surface area (Å²) >= 11 is 0. The first-order chi connectivity index (χ1) is 28.0. The molecule has 282 valence electrons. The zero-order valence-electron chi connectivity index (χ0n) is 34.0. The first kappa shape index (κ1) is 33.8. The van der Waals surface area contributed by atoms with Gasteiger partial charge in [0.2, 0.25) is 11.4 Å². The maximum absolute atomic E-state index is 6.44. The van der Waals surface area contributed by atoms with E-state index in [4.69, 9.17) is 11.0 Å². The van der Waals surface area contributed by atoms with Gasteiger partial charge in [-0.25, -0.2) is 0 Å². The summed E-state index contributed by atoms with van der Waals surface area (Å²) in [7, 11) is 0. The summed E-state index contributed by atoms with van der Waals surface area (Å²) in [6, 6.07) is 45.5. The number of furan rings is 1. The van der Waals surface area contributed by atoms with E-state index in [0.29, 0.717) is 0 Å². The monoisotopic (exact) mass is 753 g/mol. The lowest BCUT2D eigenvalue weighted by Crippen LogP contribution is -2.68. The quantitative estimate of drug-likeness (QED) is 0.153. The lowest BCUT2D eigenvalue weighted by atomic mass is 9.59. The Balaban J connectivity index is 1.19. The van der Waals surface area contributed by atoms with Crippen LogP contribution in [0.4, 0.5) is 0 Å². The molecule has 10 aromatic rings. The molecule has 0 aliphatic carbocycles. The van der Waals surface area contributed by atoms with Crippen LogP contribution >= 0.6 is 0 Å². The predicted octanol–water partition coefficient (Wildman–Crippen LogP) is 12.7. The van der Waals surface area contributed by atoms with Gasteiger partial charge in [0, 0.05) is 69.1 Å². The maximum Gasteiger partial charge on any atom is 0.218 e. The van der Waals surface area contributed by atoms with Gasteiger partial charge in [-0.3, -0.25) is 0 Å². The summed E-state index contributed by atoms with van der Waals surface area (Å²) in [5, 5.41) is 7.42. The van der Waals surface area contributed by atoms with Crippen LogP contribution in [0.5, 0.6) is 0 Å². The second kappa shape index (κ2) is 11.4. The lowest BCUT2D eigenvalue weighted by Gasteiger charge is -2.47. The van der Waals surface area contributed by atoms with Crippen LogP contribution < -0.4 is 9.13 Å². The average Bonchev–Trinajstić information content (AvgIpc) is 3.86. The second-order valence-electron chi connectivity index (χ2n) is 18.9. The largest absolute Gasteiger partial charge is 0.456 e. The van der Waals surface area contributed by atoms with Crippen molar-refractivity contribution in [2.24, 2.45) is 5.41 Å². The van der Waals surface area contributed by atoms with Crippen molar-refractivity contribution < 1.29 is 13.6 Å². The Kier molecular flexibility index (Phi) is 6.68. The second-order valence-corrected chi connectivity index (χ2v) is 18.9. The number of rotatable bonds is 1. The fourth-order valence-corrected chi connectivity index (χ4v) is 11.3. The predicted molar refractivity (Wildman–Crippen MR) is 239 cm³/mol. The molecule has 4 nitrogen and oxygen atoms in total. The number of nitrogens with zero attached hydrogens (tertiary/aromatic N) is 3. The van der Waals surface area contributed by atoms with E-state index in [1.165, 1.54) is 77.3 Å². The normalized spacial score (nSPS) is 19.5. The molecule has 0 saturated carbocycles. The van der Waals surface area contributed by atoms with E-state index in [2.05, 4.69) is 182 Å². The van der Waals surface area contributed by atoms with Crippen molar-refractivity contribution >= 4 is 65.7 Å². The van der Waals surface area contributed by atoms with Crippen molar-refractivity contribution in [2.75, 3.05) is 0 Å². The summed E-state index contributed by atoms with van der Waals surface area (Å²) < 4.78 is 14.0. The van der Waals surface area contributed by atoms with E-state index >= 15 is 0 Å². The topological polar surface area (TPSA) is 25.3 Å². The summed E-state index contributed by atoms with van der Waals surface area (Å²) in [6.45, 7) is 17.0. The maximum atomic E-state index is 6.44. The van der Waals surface area contributed by atoms with Crippen LogP contribution in [0.2, 0.25) is 0 Å². The van der Waals surface area contributed by atoms with E-state index in [1.807, 2.05) is 0 Å². The molecule has 0 spiro atoms.